The third kappa shape index (κ3) is 1.95. The van der Waals surface area contributed by atoms with Crippen LogP contribution in [0.5, 0.6) is 0 Å². The van der Waals surface area contributed by atoms with Crippen LogP contribution in [0.2, 0.25) is 0 Å². The molecule has 1 aromatic rings. The molecule has 1 atom stereocenters. The minimum absolute atomic E-state index is 0.191. The molecule has 1 aliphatic heterocycles. The first-order valence-corrected chi connectivity index (χ1v) is 5.25. The van der Waals surface area contributed by atoms with Crippen LogP contribution in [0.3, 0.4) is 0 Å². The Morgan fingerprint density at radius 1 is 1.60 bits per heavy atom. The van der Waals surface area contributed by atoms with Gasteiger partial charge in [-0.3, -0.25) is 4.90 Å². The fourth-order valence-corrected chi connectivity index (χ4v) is 2.06. The molecule has 2 rings (SSSR count). The number of hydrogen-bond acceptors (Lipinski definition) is 3. The van der Waals surface area contributed by atoms with Gasteiger partial charge in [-0.1, -0.05) is 12.1 Å². The number of rotatable bonds is 2. The van der Waals surface area contributed by atoms with Gasteiger partial charge in [0.25, 0.3) is 0 Å². The SMILES string of the molecule is CC(N)Cc1ccc2c(c1)CCN2C#N. The highest BCUT2D eigenvalue weighted by Crippen LogP contribution is 2.28. The monoisotopic (exact) mass is 201 g/mol. The molecule has 15 heavy (non-hydrogen) atoms. The van der Waals surface area contributed by atoms with Crippen molar-refractivity contribution >= 4 is 5.69 Å². The van der Waals surface area contributed by atoms with Crippen LogP contribution in [0.25, 0.3) is 0 Å². The van der Waals surface area contributed by atoms with Gasteiger partial charge in [-0.15, -0.1) is 0 Å². The zero-order chi connectivity index (χ0) is 10.8. The minimum atomic E-state index is 0.191. The zero-order valence-corrected chi connectivity index (χ0v) is 8.90. The summed E-state index contributed by atoms with van der Waals surface area (Å²) < 4.78 is 0. The van der Waals surface area contributed by atoms with Gasteiger partial charge in [-0.05, 0) is 37.0 Å². The van der Waals surface area contributed by atoms with E-state index in [0.29, 0.717) is 0 Å². The highest BCUT2D eigenvalue weighted by molar-refractivity contribution is 5.61. The predicted octanol–water partition coefficient (Wildman–Crippen LogP) is 1.42. The van der Waals surface area contributed by atoms with Gasteiger partial charge in [0.1, 0.15) is 0 Å². The van der Waals surface area contributed by atoms with E-state index in [0.717, 1.165) is 25.1 Å². The lowest BCUT2D eigenvalue weighted by Crippen LogP contribution is -2.17. The molecule has 1 aromatic carbocycles. The maximum Gasteiger partial charge on any atom is 0.184 e. The van der Waals surface area contributed by atoms with Gasteiger partial charge in [-0.25, -0.2) is 0 Å². The van der Waals surface area contributed by atoms with Crippen molar-refractivity contribution in [1.82, 2.24) is 0 Å². The van der Waals surface area contributed by atoms with Gasteiger partial charge in [0.05, 0.1) is 5.69 Å². The summed E-state index contributed by atoms with van der Waals surface area (Å²) in [6.07, 6.45) is 4.06. The van der Waals surface area contributed by atoms with Gasteiger partial charge in [0.15, 0.2) is 6.19 Å². The second-order valence-electron chi connectivity index (χ2n) is 4.15. The van der Waals surface area contributed by atoms with E-state index >= 15 is 0 Å². The van der Waals surface area contributed by atoms with Crippen molar-refractivity contribution in [2.45, 2.75) is 25.8 Å². The summed E-state index contributed by atoms with van der Waals surface area (Å²) >= 11 is 0. The summed E-state index contributed by atoms with van der Waals surface area (Å²) in [5, 5.41) is 8.88. The van der Waals surface area contributed by atoms with Gasteiger partial charge < -0.3 is 5.73 Å². The predicted molar refractivity (Wildman–Crippen MR) is 60.5 cm³/mol. The molecule has 1 aliphatic rings. The number of benzene rings is 1. The molecule has 0 aliphatic carbocycles. The van der Waals surface area contributed by atoms with Crippen LogP contribution in [-0.2, 0) is 12.8 Å². The first kappa shape index (κ1) is 10.0. The Kier molecular flexibility index (Phi) is 2.61. The van der Waals surface area contributed by atoms with Crippen LogP contribution in [0.15, 0.2) is 18.2 Å². The Morgan fingerprint density at radius 2 is 2.40 bits per heavy atom. The average molecular weight is 201 g/mol. The highest BCUT2D eigenvalue weighted by Gasteiger charge is 2.18. The Hall–Kier alpha value is -1.53. The molecule has 0 saturated carbocycles. The maximum absolute atomic E-state index is 8.88. The maximum atomic E-state index is 8.88. The second-order valence-corrected chi connectivity index (χ2v) is 4.15. The Balaban J connectivity index is 2.26. The Labute approximate surface area is 90.1 Å². The topological polar surface area (TPSA) is 53.0 Å². The summed E-state index contributed by atoms with van der Waals surface area (Å²) in [6.45, 7) is 2.82. The van der Waals surface area contributed by atoms with Crippen molar-refractivity contribution in [2.24, 2.45) is 5.73 Å². The third-order valence-corrected chi connectivity index (χ3v) is 2.72. The van der Waals surface area contributed by atoms with Crippen LogP contribution >= 0.6 is 0 Å². The molecule has 0 spiro atoms. The van der Waals surface area contributed by atoms with Crippen LogP contribution < -0.4 is 10.6 Å². The summed E-state index contributed by atoms with van der Waals surface area (Å²) in [6, 6.07) is 6.47. The molecule has 3 nitrogen and oxygen atoms in total. The Bertz CT molecular complexity index is 404. The molecule has 3 heteroatoms. The van der Waals surface area contributed by atoms with E-state index in [-0.39, 0.29) is 6.04 Å². The van der Waals surface area contributed by atoms with Crippen LogP contribution in [-0.4, -0.2) is 12.6 Å². The zero-order valence-electron chi connectivity index (χ0n) is 8.90. The van der Waals surface area contributed by atoms with E-state index in [1.54, 1.807) is 4.90 Å². The number of hydrogen-bond donors (Lipinski definition) is 1. The lowest BCUT2D eigenvalue weighted by molar-refractivity contribution is 0.737. The summed E-state index contributed by atoms with van der Waals surface area (Å²) in [4.78, 5) is 1.74. The van der Waals surface area contributed by atoms with Crippen LogP contribution in [0.1, 0.15) is 18.1 Å². The lowest BCUT2D eigenvalue weighted by Gasteiger charge is -2.10. The molecule has 0 bridgehead atoms. The fourth-order valence-electron chi connectivity index (χ4n) is 2.06. The van der Waals surface area contributed by atoms with E-state index in [4.69, 9.17) is 11.0 Å². The molecule has 0 saturated heterocycles. The van der Waals surface area contributed by atoms with Crippen LogP contribution in [0.4, 0.5) is 5.69 Å². The summed E-state index contributed by atoms with van der Waals surface area (Å²) in [5.41, 5.74) is 9.36. The molecule has 1 unspecified atom stereocenters. The highest BCUT2D eigenvalue weighted by atomic mass is 15.1. The largest absolute Gasteiger partial charge is 0.328 e. The number of anilines is 1. The molecule has 78 valence electrons. The van der Waals surface area contributed by atoms with Crippen molar-refractivity contribution in [3.63, 3.8) is 0 Å². The molecular formula is C12H15N3. The smallest absolute Gasteiger partial charge is 0.184 e. The minimum Gasteiger partial charge on any atom is -0.328 e. The van der Waals surface area contributed by atoms with Crippen molar-refractivity contribution in [2.75, 3.05) is 11.4 Å². The van der Waals surface area contributed by atoms with Crippen molar-refractivity contribution in [1.29, 1.82) is 5.26 Å². The molecule has 0 amide bonds. The van der Waals surface area contributed by atoms with E-state index in [1.165, 1.54) is 11.1 Å². The molecule has 1 heterocycles. The second kappa shape index (κ2) is 3.92. The lowest BCUT2D eigenvalue weighted by atomic mass is 10.0. The summed E-state index contributed by atoms with van der Waals surface area (Å²) in [7, 11) is 0. The summed E-state index contributed by atoms with van der Waals surface area (Å²) in [5.74, 6) is 0. The molecule has 0 fully saturated rings. The normalized spacial score (nSPS) is 15.9. The van der Waals surface area contributed by atoms with Crippen LogP contribution in [0, 0.1) is 11.5 Å². The quantitative estimate of drug-likeness (QED) is 0.736. The number of nitrogens with two attached hydrogens (primary N) is 1. The van der Waals surface area contributed by atoms with E-state index in [2.05, 4.69) is 18.3 Å². The van der Waals surface area contributed by atoms with Gasteiger partial charge >= 0.3 is 0 Å². The first-order valence-electron chi connectivity index (χ1n) is 5.25. The van der Waals surface area contributed by atoms with Gasteiger partial charge in [0.2, 0.25) is 0 Å². The van der Waals surface area contributed by atoms with E-state index < -0.39 is 0 Å². The number of nitriles is 1. The standard InChI is InChI=1S/C12H15N3/c1-9(14)6-10-2-3-12-11(7-10)4-5-15(12)8-13/h2-3,7,9H,4-6,14H2,1H3. The van der Waals surface area contributed by atoms with Gasteiger partial charge in [-0.2, -0.15) is 5.26 Å². The molecule has 2 N–H and O–H groups in total. The first-order chi connectivity index (χ1) is 7.20. The molecular weight excluding hydrogens is 186 g/mol. The molecule has 0 radical (unpaired) electrons. The van der Waals surface area contributed by atoms with Gasteiger partial charge in [0, 0.05) is 12.6 Å². The molecule has 0 aromatic heterocycles. The van der Waals surface area contributed by atoms with E-state index in [9.17, 15) is 0 Å². The van der Waals surface area contributed by atoms with Crippen molar-refractivity contribution < 1.29 is 0 Å². The van der Waals surface area contributed by atoms with Crippen molar-refractivity contribution in [3.8, 4) is 6.19 Å². The third-order valence-electron chi connectivity index (χ3n) is 2.72. The fraction of sp³-hybridized carbons (Fsp3) is 0.417. The average Bonchev–Trinajstić information content (AvgIpc) is 2.58. The van der Waals surface area contributed by atoms with Crippen molar-refractivity contribution in [3.05, 3.63) is 29.3 Å². The Morgan fingerprint density at radius 3 is 3.07 bits per heavy atom. The number of nitrogens with zero attached hydrogens (tertiary/aromatic N) is 2. The number of fused-ring (bicyclic) bond motifs is 1. The van der Waals surface area contributed by atoms with E-state index in [1.807, 2.05) is 13.0 Å².